The molecule has 0 atom stereocenters. The van der Waals surface area contributed by atoms with E-state index in [4.69, 9.17) is 5.11 Å². The second-order valence-corrected chi connectivity index (χ2v) is 6.29. The Hall–Kier alpha value is -2.27. The Labute approximate surface area is 143 Å². The highest BCUT2D eigenvalue weighted by atomic mass is 16.3. The fourth-order valence-electron chi connectivity index (χ4n) is 3.12. The van der Waals surface area contributed by atoms with Crippen LogP contribution in [-0.2, 0) is 0 Å². The van der Waals surface area contributed by atoms with Gasteiger partial charge in [0.25, 0.3) is 0 Å². The summed E-state index contributed by atoms with van der Waals surface area (Å²) in [4.78, 5) is 8.84. The largest absolute Gasteiger partial charge is 0.395 e. The average molecular weight is 326 g/mol. The Morgan fingerprint density at radius 1 is 1.17 bits per heavy atom. The van der Waals surface area contributed by atoms with Gasteiger partial charge >= 0.3 is 0 Å². The SMILES string of the molecule is CN(CCO)c1ccc(NC2CCN(c3ccccn3)CC2)cc1. The molecule has 3 rings (SSSR count). The molecule has 1 aliphatic rings. The third-order valence-electron chi connectivity index (χ3n) is 4.58. The number of nitrogens with zero attached hydrogens (tertiary/aromatic N) is 3. The zero-order valence-electron chi connectivity index (χ0n) is 14.2. The van der Waals surface area contributed by atoms with Crippen LogP contribution in [0.25, 0.3) is 0 Å². The van der Waals surface area contributed by atoms with Crippen LogP contribution in [0.4, 0.5) is 17.2 Å². The topological polar surface area (TPSA) is 51.6 Å². The molecule has 0 radical (unpaired) electrons. The van der Waals surface area contributed by atoms with Crippen molar-refractivity contribution in [3.05, 3.63) is 48.7 Å². The van der Waals surface area contributed by atoms with Gasteiger partial charge in [0.15, 0.2) is 0 Å². The highest BCUT2D eigenvalue weighted by molar-refractivity contribution is 5.55. The van der Waals surface area contributed by atoms with E-state index in [9.17, 15) is 0 Å². The average Bonchev–Trinajstić information content (AvgIpc) is 2.64. The van der Waals surface area contributed by atoms with E-state index in [2.05, 4.69) is 50.4 Å². The number of aliphatic hydroxyl groups is 1. The zero-order chi connectivity index (χ0) is 16.8. The maximum atomic E-state index is 9.01. The molecule has 1 aromatic carbocycles. The van der Waals surface area contributed by atoms with Gasteiger partial charge in [-0.2, -0.15) is 0 Å². The first-order chi connectivity index (χ1) is 11.8. The van der Waals surface area contributed by atoms with Crippen molar-refractivity contribution >= 4 is 17.2 Å². The van der Waals surface area contributed by atoms with Crippen molar-refractivity contribution < 1.29 is 5.11 Å². The van der Waals surface area contributed by atoms with Crippen molar-refractivity contribution in [3.8, 4) is 0 Å². The molecule has 0 unspecified atom stereocenters. The van der Waals surface area contributed by atoms with Gasteiger partial charge < -0.3 is 20.2 Å². The second kappa shape index (κ2) is 8.02. The lowest BCUT2D eigenvalue weighted by Gasteiger charge is -2.33. The first-order valence-corrected chi connectivity index (χ1v) is 8.61. The van der Waals surface area contributed by atoms with Crippen LogP contribution in [0, 0.1) is 0 Å². The van der Waals surface area contributed by atoms with Crippen LogP contribution in [0.2, 0.25) is 0 Å². The van der Waals surface area contributed by atoms with Crippen LogP contribution < -0.4 is 15.1 Å². The van der Waals surface area contributed by atoms with E-state index in [1.54, 1.807) is 0 Å². The van der Waals surface area contributed by atoms with Crippen molar-refractivity contribution in [2.75, 3.05) is 48.4 Å². The smallest absolute Gasteiger partial charge is 0.128 e. The number of hydrogen-bond donors (Lipinski definition) is 2. The molecule has 2 N–H and O–H groups in total. The number of likely N-dealkylation sites (N-methyl/N-ethyl adjacent to an activating group) is 1. The van der Waals surface area contributed by atoms with Crippen LogP contribution >= 0.6 is 0 Å². The number of rotatable bonds is 6. The minimum Gasteiger partial charge on any atom is -0.395 e. The van der Waals surface area contributed by atoms with E-state index in [1.807, 2.05) is 25.4 Å². The van der Waals surface area contributed by atoms with Crippen molar-refractivity contribution in [2.24, 2.45) is 0 Å². The number of aliphatic hydroxyl groups excluding tert-OH is 1. The molecule has 5 heteroatoms. The summed E-state index contributed by atoms with van der Waals surface area (Å²) in [7, 11) is 1.99. The number of aromatic nitrogens is 1. The summed E-state index contributed by atoms with van der Waals surface area (Å²) in [5.41, 5.74) is 2.28. The number of nitrogens with one attached hydrogen (secondary N) is 1. The number of piperidine rings is 1. The molecule has 0 bridgehead atoms. The fourth-order valence-corrected chi connectivity index (χ4v) is 3.12. The summed E-state index contributed by atoms with van der Waals surface area (Å²) in [6.45, 7) is 2.89. The summed E-state index contributed by atoms with van der Waals surface area (Å²) in [6.07, 6.45) is 4.08. The lowest BCUT2D eigenvalue weighted by molar-refractivity contribution is 0.304. The molecule has 5 nitrogen and oxygen atoms in total. The minimum absolute atomic E-state index is 0.172. The molecule has 0 spiro atoms. The molecular weight excluding hydrogens is 300 g/mol. The van der Waals surface area contributed by atoms with Crippen molar-refractivity contribution in [1.29, 1.82) is 0 Å². The maximum Gasteiger partial charge on any atom is 0.128 e. The fraction of sp³-hybridized carbons (Fsp3) is 0.421. The summed E-state index contributed by atoms with van der Waals surface area (Å²) in [6, 6.07) is 15.0. The van der Waals surface area contributed by atoms with Crippen LogP contribution in [0.3, 0.4) is 0 Å². The van der Waals surface area contributed by atoms with Crippen molar-refractivity contribution in [1.82, 2.24) is 4.98 Å². The predicted molar refractivity (Wildman–Crippen MR) is 99.9 cm³/mol. The quantitative estimate of drug-likeness (QED) is 0.854. The summed E-state index contributed by atoms with van der Waals surface area (Å²) in [5, 5.41) is 12.6. The first kappa shape index (κ1) is 16.6. The van der Waals surface area contributed by atoms with E-state index < -0.39 is 0 Å². The standard InChI is InChI=1S/C19H26N4O/c1-22(14-15-24)18-7-5-16(6-8-18)21-17-9-12-23(13-10-17)19-4-2-3-11-20-19/h2-8,11,17,21,24H,9-10,12-15H2,1H3. The summed E-state index contributed by atoms with van der Waals surface area (Å²) < 4.78 is 0. The molecule has 128 valence electrons. The van der Waals surface area contributed by atoms with Gasteiger partial charge in [0, 0.05) is 50.3 Å². The Kier molecular flexibility index (Phi) is 5.54. The van der Waals surface area contributed by atoms with E-state index >= 15 is 0 Å². The minimum atomic E-state index is 0.172. The molecule has 2 heterocycles. The highest BCUT2D eigenvalue weighted by Crippen LogP contribution is 2.22. The summed E-state index contributed by atoms with van der Waals surface area (Å²) >= 11 is 0. The van der Waals surface area contributed by atoms with Gasteiger partial charge in [-0.15, -0.1) is 0 Å². The number of hydrogen-bond acceptors (Lipinski definition) is 5. The Balaban J connectivity index is 1.51. The Morgan fingerprint density at radius 2 is 1.92 bits per heavy atom. The third kappa shape index (κ3) is 4.17. The lowest BCUT2D eigenvalue weighted by atomic mass is 10.0. The normalized spacial score (nSPS) is 15.3. The number of pyridine rings is 1. The molecule has 0 amide bonds. The second-order valence-electron chi connectivity index (χ2n) is 6.29. The van der Waals surface area contributed by atoms with Gasteiger partial charge in [-0.3, -0.25) is 0 Å². The zero-order valence-corrected chi connectivity index (χ0v) is 14.2. The molecule has 1 fully saturated rings. The van der Waals surface area contributed by atoms with E-state index in [0.717, 1.165) is 43.1 Å². The molecule has 1 saturated heterocycles. The maximum absolute atomic E-state index is 9.01. The lowest BCUT2D eigenvalue weighted by Crippen LogP contribution is -2.39. The van der Waals surface area contributed by atoms with Gasteiger partial charge in [-0.1, -0.05) is 6.07 Å². The monoisotopic (exact) mass is 326 g/mol. The van der Waals surface area contributed by atoms with Gasteiger partial charge in [0.2, 0.25) is 0 Å². The van der Waals surface area contributed by atoms with E-state index in [0.29, 0.717) is 12.6 Å². The predicted octanol–water partition coefficient (Wildman–Crippen LogP) is 2.59. The van der Waals surface area contributed by atoms with Crippen LogP contribution in [-0.4, -0.2) is 49.4 Å². The number of benzene rings is 1. The Bertz CT molecular complexity index is 609. The van der Waals surface area contributed by atoms with Crippen molar-refractivity contribution in [3.63, 3.8) is 0 Å². The van der Waals surface area contributed by atoms with Crippen LogP contribution in [0.15, 0.2) is 48.7 Å². The first-order valence-electron chi connectivity index (χ1n) is 8.61. The van der Waals surface area contributed by atoms with Gasteiger partial charge in [-0.25, -0.2) is 4.98 Å². The third-order valence-corrected chi connectivity index (χ3v) is 4.58. The molecule has 0 aliphatic carbocycles. The van der Waals surface area contributed by atoms with Gasteiger partial charge in [0.05, 0.1) is 6.61 Å². The molecule has 0 saturated carbocycles. The van der Waals surface area contributed by atoms with Crippen molar-refractivity contribution in [2.45, 2.75) is 18.9 Å². The van der Waals surface area contributed by atoms with E-state index in [-0.39, 0.29) is 6.61 Å². The van der Waals surface area contributed by atoms with Gasteiger partial charge in [0.1, 0.15) is 5.82 Å². The van der Waals surface area contributed by atoms with Crippen LogP contribution in [0.5, 0.6) is 0 Å². The Morgan fingerprint density at radius 3 is 2.54 bits per heavy atom. The molecule has 1 aliphatic heterocycles. The molecule has 2 aromatic rings. The molecule has 1 aromatic heterocycles. The number of anilines is 3. The molecular formula is C19H26N4O. The van der Waals surface area contributed by atoms with Gasteiger partial charge in [-0.05, 0) is 49.2 Å². The molecule has 24 heavy (non-hydrogen) atoms. The van der Waals surface area contributed by atoms with Crippen LogP contribution in [0.1, 0.15) is 12.8 Å². The summed E-state index contributed by atoms with van der Waals surface area (Å²) in [5.74, 6) is 1.08. The van der Waals surface area contributed by atoms with E-state index in [1.165, 1.54) is 0 Å². The highest BCUT2D eigenvalue weighted by Gasteiger charge is 2.19.